The Bertz CT molecular complexity index is 1340. The maximum atomic E-state index is 13.8. The van der Waals surface area contributed by atoms with Crippen LogP contribution < -0.4 is 5.73 Å². The quantitative estimate of drug-likeness (QED) is 0.498. The molecule has 0 bridgehead atoms. The normalized spacial score (nSPS) is 31.6. The molecule has 2 fully saturated rings. The van der Waals surface area contributed by atoms with Gasteiger partial charge in [-0.25, -0.2) is 0 Å². The van der Waals surface area contributed by atoms with Crippen molar-refractivity contribution in [2.24, 2.45) is 29.4 Å². The monoisotopic (exact) mass is 491 g/mol. The molecule has 6 atom stereocenters. The van der Waals surface area contributed by atoms with E-state index >= 15 is 0 Å². The maximum absolute atomic E-state index is 13.8. The number of rotatable bonds is 3. The summed E-state index contributed by atoms with van der Waals surface area (Å²) in [5.41, 5.74) is 4.26. The second-order valence-electron chi connectivity index (χ2n) is 9.99. The number of Topliss-reactive ketones (excluding diaryl/α,β-unsaturated/α-hetero) is 4. The molecule has 186 valence electrons. The number of nitrogens with zero attached hydrogens (tertiary/aromatic N) is 2. The summed E-state index contributed by atoms with van der Waals surface area (Å²) in [5.74, 6) is -10.6. The second kappa shape index (κ2) is 8.14. The van der Waals surface area contributed by atoms with Crippen LogP contribution in [0.5, 0.6) is 5.75 Å². The number of hydrogen-bond acceptors (Lipinski definition) is 9. The molecule has 1 aromatic heterocycles. The third kappa shape index (κ3) is 3.11. The number of aromatic nitrogens is 1. The number of amides is 1. The van der Waals surface area contributed by atoms with Crippen molar-refractivity contribution in [1.29, 1.82) is 0 Å². The molecule has 3 aliphatic rings. The van der Waals surface area contributed by atoms with Crippen molar-refractivity contribution in [2.75, 3.05) is 14.1 Å². The van der Waals surface area contributed by atoms with E-state index in [1.807, 2.05) is 0 Å². The minimum absolute atomic E-state index is 0.00120. The van der Waals surface area contributed by atoms with Crippen LogP contribution in [0, 0.1) is 23.7 Å². The van der Waals surface area contributed by atoms with Gasteiger partial charge in [0.05, 0.1) is 23.2 Å². The molecule has 36 heavy (non-hydrogen) atoms. The predicted octanol–water partition coefficient (Wildman–Crippen LogP) is -0.0710. The van der Waals surface area contributed by atoms with Crippen molar-refractivity contribution in [1.82, 2.24) is 9.88 Å². The summed E-state index contributed by atoms with van der Waals surface area (Å²) >= 11 is 0. The largest absolute Gasteiger partial charge is 0.507 e. The van der Waals surface area contributed by atoms with E-state index in [0.717, 1.165) is 0 Å². The van der Waals surface area contributed by atoms with E-state index in [9.17, 15) is 34.2 Å². The van der Waals surface area contributed by atoms with Crippen molar-refractivity contribution in [3.63, 3.8) is 0 Å². The van der Waals surface area contributed by atoms with Gasteiger partial charge in [-0.3, -0.25) is 33.9 Å². The van der Waals surface area contributed by atoms with Gasteiger partial charge in [-0.15, -0.1) is 0 Å². The molecule has 0 aliphatic heterocycles. The molecule has 1 amide bonds. The number of carbonyl (C=O) groups is 5. The highest BCUT2D eigenvalue weighted by Gasteiger charge is 2.69. The van der Waals surface area contributed by atoms with Gasteiger partial charge in [-0.05, 0) is 62.7 Å². The van der Waals surface area contributed by atoms with Crippen LogP contribution in [0.25, 0.3) is 11.3 Å². The van der Waals surface area contributed by atoms with E-state index in [1.54, 1.807) is 44.6 Å². The molecule has 10 heteroatoms. The summed E-state index contributed by atoms with van der Waals surface area (Å²) in [6.45, 7) is 0. The Kier molecular flexibility index (Phi) is 5.42. The molecule has 4 N–H and O–H groups in total. The highest BCUT2D eigenvalue weighted by molar-refractivity contribution is 6.32. The molecular formula is C26H25N3O7. The molecule has 10 nitrogen and oxygen atoms in total. The number of benzene rings is 1. The number of carbonyl (C=O) groups excluding carboxylic acids is 5. The molecule has 2 aromatic rings. The van der Waals surface area contributed by atoms with Gasteiger partial charge in [0.2, 0.25) is 5.91 Å². The lowest BCUT2D eigenvalue weighted by atomic mass is 9.52. The summed E-state index contributed by atoms with van der Waals surface area (Å²) in [6.07, 6.45) is 1.79. The summed E-state index contributed by atoms with van der Waals surface area (Å²) < 4.78 is 0. The number of phenols is 1. The lowest BCUT2D eigenvalue weighted by Gasteiger charge is -2.52. The van der Waals surface area contributed by atoms with E-state index in [1.165, 1.54) is 11.0 Å². The van der Waals surface area contributed by atoms with Gasteiger partial charge in [-0.1, -0.05) is 6.07 Å². The van der Waals surface area contributed by atoms with E-state index in [4.69, 9.17) is 5.73 Å². The van der Waals surface area contributed by atoms with Gasteiger partial charge >= 0.3 is 0 Å². The number of aromatic hydroxyl groups is 1. The SMILES string of the molecule is CN(C)C1C(=O)C(C(N)=O)C(=O)C2(O)C(=O)C3C(=O)c4c(O)ccc(-c5ccccn5)c4CC3CC12. The van der Waals surface area contributed by atoms with Crippen LogP contribution in [0.2, 0.25) is 0 Å². The topological polar surface area (TPSA) is 168 Å². The number of likely N-dealkylation sites (N-methyl/N-ethyl adjacent to an activating group) is 1. The summed E-state index contributed by atoms with van der Waals surface area (Å²) in [6, 6.07) is 7.16. The Labute approximate surface area is 206 Å². The zero-order valence-corrected chi connectivity index (χ0v) is 19.7. The molecule has 1 aromatic carbocycles. The fraction of sp³-hybridized carbons (Fsp3) is 0.385. The zero-order valence-electron chi connectivity index (χ0n) is 19.7. The van der Waals surface area contributed by atoms with Crippen LogP contribution in [0.4, 0.5) is 0 Å². The number of aliphatic hydroxyl groups is 1. The molecule has 0 radical (unpaired) electrons. The van der Waals surface area contributed by atoms with Gasteiger partial charge in [0.25, 0.3) is 0 Å². The summed E-state index contributed by atoms with van der Waals surface area (Å²) in [4.78, 5) is 71.7. The average molecular weight is 492 g/mol. The Morgan fingerprint density at radius 2 is 1.83 bits per heavy atom. The van der Waals surface area contributed by atoms with Gasteiger partial charge < -0.3 is 15.9 Å². The van der Waals surface area contributed by atoms with Crippen molar-refractivity contribution >= 4 is 29.0 Å². The third-order valence-electron chi connectivity index (χ3n) is 7.89. The first-order chi connectivity index (χ1) is 17.0. The number of primary amides is 1. The molecule has 2 saturated carbocycles. The van der Waals surface area contributed by atoms with Gasteiger partial charge in [0.15, 0.2) is 34.7 Å². The van der Waals surface area contributed by atoms with E-state index in [-0.39, 0.29) is 24.2 Å². The van der Waals surface area contributed by atoms with E-state index < -0.39 is 64.4 Å². The number of fused-ring (bicyclic) bond motifs is 3. The standard InChI is InChI=1S/C26H25N3O7/c1-29(2)20-14-10-11-9-13-12(15-5-3-4-8-28-15)6-7-16(30)18(13)21(31)17(11)23(33)26(14,36)24(34)19(22(20)32)25(27)35/h3-8,11,14,17,19-20,30,36H,9-10H2,1-2H3,(H2,27,35). The first-order valence-corrected chi connectivity index (χ1v) is 11.6. The van der Waals surface area contributed by atoms with Gasteiger partial charge in [-0.2, -0.15) is 0 Å². The minimum Gasteiger partial charge on any atom is -0.507 e. The van der Waals surface area contributed by atoms with Gasteiger partial charge in [0, 0.05) is 17.7 Å². The van der Waals surface area contributed by atoms with E-state index in [0.29, 0.717) is 16.8 Å². The number of pyridine rings is 1. The summed E-state index contributed by atoms with van der Waals surface area (Å²) in [7, 11) is 3.10. The molecule has 6 unspecified atom stereocenters. The first kappa shape index (κ1) is 24.0. The molecule has 1 heterocycles. The predicted molar refractivity (Wildman–Crippen MR) is 125 cm³/mol. The van der Waals surface area contributed by atoms with Crippen molar-refractivity contribution in [2.45, 2.75) is 24.5 Å². The number of ketones is 4. The highest BCUT2D eigenvalue weighted by Crippen LogP contribution is 2.51. The fourth-order valence-corrected chi connectivity index (χ4v) is 6.37. The van der Waals surface area contributed by atoms with E-state index in [2.05, 4.69) is 4.98 Å². The second-order valence-corrected chi connectivity index (χ2v) is 9.99. The van der Waals surface area contributed by atoms with Crippen LogP contribution >= 0.6 is 0 Å². The van der Waals surface area contributed by atoms with Crippen molar-refractivity contribution in [3.8, 4) is 17.0 Å². The van der Waals surface area contributed by atoms with Gasteiger partial charge in [0.1, 0.15) is 5.75 Å². The smallest absolute Gasteiger partial charge is 0.235 e. The average Bonchev–Trinajstić information content (AvgIpc) is 2.81. The van der Waals surface area contributed by atoms with Crippen molar-refractivity contribution < 1.29 is 34.2 Å². The lowest BCUT2D eigenvalue weighted by Crippen LogP contribution is -2.74. The Morgan fingerprint density at radius 1 is 1.11 bits per heavy atom. The van der Waals surface area contributed by atoms with Crippen LogP contribution in [0.1, 0.15) is 22.3 Å². The number of phenolic OH excluding ortho intramolecular Hbond substituents is 1. The van der Waals surface area contributed by atoms with Crippen LogP contribution in [0.3, 0.4) is 0 Å². The first-order valence-electron chi connectivity index (χ1n) is 11.6. The summed E-state index contributed by atoms with van der Waals surface area (Å²) in [5, 5.41) is 22.2. The Hall–Kier alpha value is -3.76. The minimum atomic E-state index is -2.73. The molecular weight excluding hydrogens is 466 g/mol. The van der Waals surface area contributed by atoms with Crippen LogP contribution in [-0.2, 0) is 25.6 Å². The fourth-order valence-electron chi connectivity index (χ4n) is 6.37. The van der Waals surface area contributed by atoms with Crippen molar-refractivity contribution in [3.05, 3.63) is 47.7 Å². The number of nitrogens with two attached hydrogens (primary N) is 1. The lowest BCUT2D eigenvalue weighted by molar-refractivity contribution is -0.181. The molecule has 5 rings (SSSR count). The Balaban J connectivity index is 1.66. The highest BCUT2D eigenvalue weighted by atomic mass is 16.3. The van der Waals surface area contributed by atoms with Crippen LogP contribution in [-0.4, -0.2) is 74.9 Å². The van der Waals surface area contributed by atoms with Crippen LogP contribution in [0.15, 0.2) is 36.5 Å². The Morgan fingerprint density at radius 3 is 2.44 bits per heavy atom. The third-order valence-corrected chi connectivity index (χ3v) is 7.89. The zero-order chi connectivity index (χ0) is 26.1. The number of hydrogen-bond donors (Lipinski definition) is 3. The molecule has 3 aliphatic carbocycles. The molecule has 0 spiro atoms. The maximum Gasteiger partial charge on any atom is 0.235 e. The molecule has 0 saturated heterocycles.